The van der Waals surface area contributed by atoms with E-state index in [4.69, 9.17) is 4.42 Å². The number of aryl methyl sites for hydroxylation is 1. The Morgan fingerprint density at radius 3 is 2.44 bits per heavy atom. The molecule has 188 valence electrons. The molecule has 34 heavy (non-hydrogen) atoms. The Morgan fingerprint density at radius 1 is 1.24 bits per heavy atom. The highest BCUT2D eigenvalue weighted by Gasteiger charge is 2.31. The van der Waals surface area contributed by atoms with E-state index in [0.29, 0.717) is 23.0 Å². The van der Waals surface area contributed by atoms with Gasteiger partial charge in [0.25, 0.3) is 10.0 Å². The molecule has 3 aromatic heterocycles. The van der Waals surface area contributed by atoms with Gasteiger partial charge in [0.2, 0.25) is 11.6 Å². The summed E-state index contributed by atoms with van der Waals surface area (Å²) in [7, 11) is -3.85. The van der Waals surface area contributed by atoms with Gasteiger partial charge >= 0.3 is 0 Å². The number of hydrogen-bond acceptors (Lipinski definition) is 10. The number of hydrogen-bond donors (Lipinski definition) is 3. The largest absolute Gasteiger partial charge is 0.546 e. The Hall–Kier alpha value is -2.19. The molecule has 0 saturated carbocycles. The normalized spacial score (nSPS) is 13.6. The zero-order chi connectivity index (χ0) is 25.2. The summed E-state index contributed by atoms with van der Waals surface area (Å²) >= 11 is -0.887. The van der Waals surface area contributed by atoms with Crippen molar-refractivity contribution in [2.24, 2.45) is 0 Å². The van der Waals surface area contributed by atoms with Gasteiger partial charge in [0, 0.05) is 26.7 Å². The third kappa shape index (κ3) is 5.23. The van der Waals surface area contributed by atoms with E-state index in [9.17, 15) is 18.1 Å². The second-order valence-corrected chi connectivity index (χ2v) is 12.2. The number of nitrogens with one attached hydrogen (secondary N) is 2. The van der Waals surface area contributed by atoms with Crippen molar-refractivity contribution in [1.82, 2.24) is 13.1 Å². The Morgan fingerprint density at radius 2 is 1.88 bits per heavy atom. The monoisotopic (exact) mass is 529 g/mol. The summed E-state index contributed by atoms with van der Waals surface area (Å²) in [6.45, 7) is 11.9. The molecule has 3 aromatic rings. The molecule has 3 heterocycles. The Labute approximate surface area is 207 Å². The summed E-state index contributed by atoms with van der Waals surface area (Å²) < 4.78 is 53.0. The smallest absolute Gasteiger partial charge is 0.256 e. The molecule has 13 heteroatoms. The van der Waals surface area contributed by atoms with E-state index in [0.717, 1.165) is 16.9 Å². The molecular weight excluding hydrogens is 498 g/mol. The maximum absolute atomic E-state index is 12.9. The molecule has 2 atom stereocenters. The van der Waals surface area contributed by atoms with Crippen LogP contribution < -0.4 is 10.6 Å². The van der Waals surface area contributed by atoms with Gasteiger partial charge in [-0.1, -0.05) is 34.6 Å². The van der Waals surface area contributed by atoms with Gasteiger partial charge in [0.1, 0.15) is 5.76 Å². The van der Waals surface area contributed by atoms with E-state index in [-0.39, 0.29) is 40.7 Å². The minimum absolute atomic E-state index is 0.148. The molecule has 1 unspecified atom stereocenters. The highest BCUT2D eigenvalue weighted by atomic mass is 32.2. The molecule has 3 rings (SSSR count). The van der Waals surface area contributed by atoms with Crippen molar-refractivity contribution in [1.29, 1.82) is 0 Å². The van der Waals surface area contributed by atoms with Crippen molar-refractivity contribution < 1.29 is 22.5 Å². The molecule has 10 nitrogen and oxygen atoms in total. The van der Waals surface area contributed by atoms with Crippen LogP contribution in [0.25, 0.3) is 0 Å². The Kier molecular flexibility index (Phi) is 8.24. The standard InChI is InChI=1S/C21H31N5O5S3/c1-7-15(16-10-14(11-31-16)12(4)5)22-19-20(25-33(28)24-19)23-17-13(6)32-21(18(17)27)34(29,30)26(8-2)9-3/h10-12,15,27H,7-9H2,1-6H3,(H,22,24)(H,23,25)/t15-,33?/m1/s1. The Bertz CT molecular complexity index is 1230. The highest BCUT2D eigenvalue weighted by Crippen LogP contribution is 2.45. The minimum Gasteiger partial charge on any atom is -0.546 e. The van der Waals surface area contributed by atoms with Crippen molar-refractivity contribution in [3.8, 4) is 5.75 Å². The number of rotatable bonds is 11. The van der Waals surface area contributed by atoms with Crippen molar-refractivity contribution in [2.45, 2.75) is 64.1 Å². The third-order valence-electron chi connectivity index (χ3n) is 5.48. The van der Waals surface area contributed by atoms with Crippen molar-refractivity contribution in [3.05, 3.63) is 28.5 Å². The molecule has 0 bridgehead atoms. The number of furan rings is 1. The van der Waals surface area contributed by atoms with Crippen LogP contribution in [0.5, 0.6) is 5.75 Å². The number of nitrogens with zero attached hydrogens (tertiary/aromatic N) is 3. The summed E-state index contributed by atoms with van der Waals surface area (Å²) in [4.78, 5) is 0.544. The maximum atomic E-state index is 12.9. The maximum Gasteiger partial charge on any atom is 0.256 e. The molecule has 0 aliphatic carbocycles. The Balaban J connectivity index is 1.91. The number of thiophene rings is 1. The van der Waals surface area contributed by atoms with Crippen LogP contribution in [0, 0.1) is 6.92 Å². The fourth-order valence-corrected chi connectivity index (χ4v) is 7.19. The van der Waals surface area contributed by atoms with Crippen LogP contribution in [0.3, 0.4) is 0 Å². The molecule has 0 spiro atoms. The number of aromatic nitrogens is 2. The first kappa shape index (κ1) is 26.4. The summed E-state index contributed by atoms with van der Waals surface area (Å²) in [5, 5.41) is 16.9. The zero-order valence-corrected chi connectivity index (χ0v) is 22.5. The molecule has 0 aromatic carbocycles. The fraction of sp³-hybridized carbons (Fsp3) is 0.524. The van der Waals surface area contributed by atoms with Gasteiger partial charge in [-0.05, 0) is 30.9 Å². The van der Waals surface area contributed by atoms with Gasteiger partial charge in [0.05, 0.1) is 18.0 Å². The third-order valence-corrected chi connectivity index (χ3v) is 9.79. The van der Waals surface area contributed by atoms with E-state index in [2.05, 4.69) is 33.2 Å². The fourth-order valence-electron chi connectivity index (χ4n) is 3.46. The molecule has 0 radical (unpaired) electrons. The second kappa shape index (κ2) is 10.6. The van der Waals surface area contributed by atoms with E-state index >= 15 is 0 Å². The number of sulfonamides is 1. The first-order valence-corrected chi connectivity index (χ1v) is 14.4. The molecule has 0 aliphatic rings. The van der Waals surface area contributed by atoms with Crippen LogP contribution in [-0.2, 0) is 10.0 Å². The predicted molar refractivity (Wildman–Crippen MR) is 134 cm³/mol. The van der Waals surface area contributed by atoms with E-state index in [1.807, 2.05) is 13.0 Å². The van der Waals surface area contributed by atoms with Crippen molar-refractivity contribution in [2.75, 3.05) is 23.7 Å². The lowest BCUT2D eigenvalue weighted by Crippen LogP contribution is -2.30. The molecule has 0 amide bonds. The van der Waals surface area contributed by atoms with Gasteiger partial charge in [-0.15, -0.1) is 11.3 Å². The average Bonchev–Trinajstić information content (AvgIpc) is 3.47. The van der Waals surface area contributed by atoms with Crippen LogP contribution in [-0.4, -0.2) is 44.2 Å². The van der Waals surface area contributed by atoms with Crippen LogP contribution >= 0.6 is 22.5 Å². The lowest BCUT2D eigenvalue weighted by molar-refractivity contribution is 0.434. The van der Waals surface area contributed by atoms with Crippen molar-refractivity contribution in [3.63, 3.8) is 0 Å². The van der Waals surface area contributed by atoms with Gasteiger partial charge in [-0.3, -0.25) is 0 Å². The highest BCUT2D eigenvalue weighted by molar-refractivity contribution is 7.91. The SMILES string of the molecule is CC[C@@H](Nc1n[s+]([O-])nc1Nc1c(C)sc(S(=O)(=O)N(CC)CC)c1O)c1cc(C(C)C)co1. The van der Waals surface area contributed by atoms with Gasteiger partial charge in [-0.25, -0.2) is 8.42 Å². The molecule has 0 aliphatic heterocycles. The molecular formula is C21H31N5O5S3. The van der Waals surface area contributed by atoms with Crippen LogP contribution in [0.2, 0.25) is 0 Å². The van der Waals surface area contributed by atoms with Gasteiger partial charge in [-0.2, -0.15) is 4.31 Å². The lowest BCUT2D eigenvalue weighted by Gasteiger charge is -2.17. The van der Waals surface area contributed by atoms with E-state index < -0.39 is 26.9 Å². The second-order valence-electron chi connectivity index (χ2n) is 8.04. The van der Waals surface area contributed by atoms with Crippen LogP contribution in [0.4, 0.5) is 17.3 Å². The quantitative estimate of drug-likeness (QED) is 0.281. The van der Waals surface area contributed by atoms with Gasteiger partial charge in [0.15, 0.2) is 21.1 Å². The first-order valence-electron chi connectivity index (χ1n) is 11.1. The molecule has 0 saturated heterocycles. The summed E-state index contributed by atoms with van der Waals surface area (Å²) in [6.07, 6.45) is 2.38. The number of aromatic hydroxyl groups is 1. The summed E-state index contributed by atoms with van der Waals surface area (Å²) in [5.41, 5.74) is 1.26. The summed E-state index contributed by atoms with van der Waals surface area (Å²) in [6, 6.07) is 1.73. The van der Waals surface area contributed by atoms with E-state index in [1.165, 1.54) is 4.31 Å². The number of anilines is 3. The van der Waals surface area contributed by atoms with Crippen LogP contribution in [0.15, 0.2) is 21.0 Å². The van der Waals surface area contributed by atoms with Gasteiger partial charge < -0.3 is 24.7 Å². The zero-order valence-electron chi connectivity index (χ0n) is 20.1. The molecule has 3 N–H and O–H groups in total. The van der Waals surface area contributed by atoms with Crippen molar-refractivity contribution >= 4 is 49.8 Å². The average molecular weight is 530 g/mol. The minimum atomic E-state index is -3.85. The predicted octanol–water partition coefficient (Wildman–Crippen LogP) is 5.33. The van der Waals surface area contributed by atoms with E-state index in [1.54, 1.807) is 27.0 Å². The first-order chi connectivity index (χ1) is 16.0. The van der Waals surface area contributed by atoms with Crippen LogP contribution in [0.1, 0.15) is 69.2 Å². The topological polar surface area (TPSA) is 144 Å². The molecule has 0 fully saturated rings. The lowest BCUT2D eigenvalue weighted by atomic mass is 10.1. The summed E-state index contributed by atoms with van der Waals surface area (Å²) in [5.74, 6) is 1.03.